The van der Waals surface area contributed by atoms with E-state index in [9.17, 15) is 9.59 Å². The lowest BCUT2D eigenvalue weighted by atomic mass is 10.2. The number of hydrogen-bond donors (Lipinski definition) is 0. The molecule has 3 rings (SSSR count). The molecule has 162 valence electrons. The van der Waals surface area contributed by atoms with Gasteiger partial charge >= 0.3 is 5.97 Å². The van der Waals surface area contributed by atoms with Crippen LogP contribution in [0.5, 0.6) is 5.75 Å². The van der Waals surface area contributed by atoms with E-state index in [-0.39, 0.29) is 25.4 Å². The van der Waals surface area contributed by atoms with Gasteiger partial charge in [0.1, 0.15) is 5.75 Å². The second kappa shape index (κ2) is 10.6. The maximum atomic E-state index is 12.3. The predicted octanol–water partition coefficient (Wildman–Crippen LogP) is 3.53. The van der Waals surface area contributed by atoms with Crippen LogP contribution in [0.2, 0.25) is 5.02 Å². The van der Waals surface area contributed by atoms with Gasteiger partial charge in [0, 0.05) is 36.2 Å². The third kappa shape index (κ3) is 6.29. The highest BCUT2D eigenvalue weighted by molar-refractivity contribution is 6.30. The molecule has 1 amide bonds. The topological polar surface area (TPSA) is 94.8 Å². The molecular formula is C22H22ClN3O5. The summed E-state index contributed by atoms with van der Waals surface area (Å²) in [5.74, 6) is 0.568. The highest BCUT2D eigenvalue weighted by Gasteiger charge is 2.16. The number of hydrogen-bond acceptors (Lipinski definition) is 7. The number of nitrogens with zero attached hydrogens (tertiary/aromatic N) is 3. The molecule has 0 bridgehead atoms. The number of ether oxygens (including phenoxy) is 2. The molecule has 1 heterocycles. The van der Waals surface area contributed by atoms with Crippen LogP contribution in [-0.4, -0.2) is 47.7 Å². The van der Waals surface area contributed by atoms with E-state index in [0.717, 1.165) is 11.1 Å². The standard InChI is InChI=1S/C22H22ClN3O5/c1-26(13-16-5-3-4-6-18(16)29-2)20(27)14-30-21(28)12-11-19-24-22(25-31-19)15-7-9-17(23)10-8-15/h3-10H,11-14H2,1-2H3. The predicted molar refractivity (Wildman–Crippen MR) is 113 cm³/mol. The van der Waals surface area contributed by atoms with Gasteiger partial charge in [-0.1, -0.05) is 35.0 Å². The molecule has 1 aromatic heterocycles. The molecular weight excluding hydrogens is 422 g/mol. The first-order valence-electron chi connectivity index (χ1n) is 9.56. The number of likely N-dealkylation sites (N-methyl/N-ethyl adjacent to an activating group) is 1. The Morgan fingerprint density at radius 1 is 1.13 bits per heavy atom. The normalized spacial score (nSPS) is 10.5. The first kappa shape index (κ1) is 22.3. The van der Waals surface area contributed by atoms with Gasteiger partial charge in [-0.3, -0.25) is 9.59 Å². The summed E-state index contributed by atoms with van der Waals surface area (Å²) in [4.78, 5) is 30.0. The van der Waals surface area contributed by atoms with Crippen LogP contribution >= 0.6 is 11.6 Å². The molecule has 0 saturated heterocycles. The molecule has 0 aliphatic rings. The number of benzene rings is 2. The van der Waals surface area contributed by atoms with Gasteiger partial charge in [-0.15, -0.1) is 0 Å². The van der Waals surface area contributed by atoms with Crippen molar-refractivity contribution in [3.8, 4) is 17.1 Å². The number of aromatic nitrogens is 2. The number of esters is 1. The van der Waals surface area contributed by atoms with Crippen LogP contribution in [0.15, 0.2) is 53.1 Å². The first-order chi connectivity index (χ1) is 15.0. The minimum Gasteiger partial charge on any atom is -0.496 e. The van der Waals surface area contributed by atoms with Gasteiger partial charge in [-0.25, -0.2) is 0 Å². The monoisotopic (exact) mass is 443 g/mol. The molecule has 8 nitrogen and oxygen atoms in total. The van der Waals surface area contributed by atoms with E-state index in [1.54, 1.807) is 38.4 Å². The van der Waals surface area contributed by atoms with Crippen LogP contribution in [0.1, 0.15) is 17.9 Å². The van der Waals surface area contributed by atoms with Gasteiger partial charge in [0.05, 0.1) is 13.5 Å². The lowest BCUT2D eigenvalue weighted by Gasteiger charge is -2.18. The first-order valence-corrected chi connectivity index (χ1v) is 9.94. The third-order valence-corrected chi connectivity index (χ3v) is 4.75. The molecule has 0 saturated carbocycles. The molecule has 2 aromatic carbocycles. The largest absolute Gasteiger partial charge is 0.496 e. The zero-order valence-electron chi connectivity index (χ0n) is 17.2. The van der Waals surface area contributed by atoms with Crippen molar-refractivity contribution >= 4 is 23.5 Å². The number of para-hydroxylation sites is 1. The Morgan fingerprint density at radius 2 is 1.87 bits per heavy atom. The minimum atomic E-state index is -0.523. The number of amides is 1. The fourth-order valence-electron chi connectivity index (χ4n) is 2.78. The molecule has 9 heteroatoms. The van der Waals surface area contributed by atoms with Crippen molar-refractivity contribution in [1.29, 1.82) is 0 Å². The van der Waals surface area contributed by atoms with Gasteiger partial charge in [-0.2, -0.15) is 4.98 Å². The van der Waals surface area contributed by atoms with E-state index in [1.165, 1.54) is 4.90 Å². The van der Waals surface area contributed by atoms with Gasteiger partial charge in [0.15, 0.2) is 6.61 Å². The van der Waals surface area contributed by atoms with E-state index < -0.39 is 5.97 Å². The number of methoxy groups -OCH3 is 1. The Balaban J connectivity index is 1.43. The number of carbonyl (C=O) groups is 2. The van der Waals surface area contributed by atoms with Crippen LogP contribution in [0.3, 0.4) is 0 Å². The summed E-state index contributed by atoms with van der Waals surface area (Å²) in [7, 11) is 3.21. The maximum Gasteiger partial charge on any atom is 0.306 e. The summed E-state index contributed by atoms with van der Waals surface area (Å²) in [6, 6.07) is 14.4. The summed E-state index contributed by atoms with van der Waals surface area (Å²) in [6.45, 7) is 0.000196. The van der Waals surface area contributed by atoms with Crippen molar-refractivity contribution in [1.82, 2.24) is 15.0 Å². The van der Waals surface area contributed by atoms with Crippen LogP contribution < -0.4 is 4.74 Å². The number of aryl methyl sites for hydroxylation is 1. The average molecular weight is 444 g/mol. The summed E-state index contributed by atoms with van der Waals surface area (Å²) < 4.78 is 15.5. The molecule has 3 aromatic rings. The number of rotatable bonds is 9. The van der Waals surface area contributed by atoms with E-state index >= 15 is 0 Å². The molecule has 0 unspecified atom stereocenters. The van der Waals surface area contributed by atoms with Gasteiger partial charge in [-0.05, 0) is 30.3 Å². The highest BCUT2D eigenvalue weighted by atomic mass is 35.5. The fraction of sp³-hybridized carbons (Fsp3) is 0.273. The second-order valence-corrected chi connectivity index (χ2v) is 7.18. The Labute approximate surface area is 184 Å². The van der Waals surface area contributed by atoms with Crippen LogP contribution in [-0.2, 0) is 27.3 Å². The summed E-state index contributed by atoms with van der Waals surface area (Å²) in [5, 5.41) is 4.50. The van der Waals surface area contributed by atoms with Crippen LogP contribution in [0.25, 0.3) is 11.4 Å². The fourth-order valence-corrected chi connectivity index (χ4v) is 2.91. The zero-order valence-corrected chi connectivity index (χ0v) is 18.0. The summed E-state index contributed by atoms with van der Waals surface area (Å²) in [5.41, 5.74) is 1.62. The van der Waals surface area contributed by atoms with Crippen molar-refractivity contribution in [3.05, 3.63) is 65.0 Å². The van der Waals surface area contributed by atoms with Gasteiger partial charge < -0.3 is 18.9 Å². The van der Waals surface area contributed by atoms with Gasteiger partial charge in [0.25, 0.3) is 5.91 Å². The number of carbonyl (C=O) groups excluding carboxylic acids is 2. The summed E-state index contributed by atoms with van der Waals surface area (Å²) >= 11 is 5.87. The van der Waals surface area contributed by atoms with Crippen LogP contribution in [0, 0.1) is 0 Å². The van der Waals surface area contributed by atoms with E-state index in [1.807, 2.05) is 24.3 Å². The Hall–Kier alpha value is -3.39. The Morgan fingerprint density at radius 3 is 2.61 bits per heavy atom. The van der Waals surface area contributed by atoms with Crippen molar-refractivity contribution in [3.63, 3.8) is 0 Å². The van der Waals surface area contributed by atoms with E-state index in [4.69, 9.17) is 25.6 Å². The minimum absolute atomic E-state index is 0.0196. The SMILES string of the molecule is COc1ccccc1CN(C)C(=O)COC(=O)CCc1nc(-c2ccc(Cl)cc2)no1. The zero-order chi connectivity index (χ0) is 22.2. The molecule has 0 atom stereocenters. The van der Waals surface area contributed by atoms with Crippen molar-refractivity contribution < 1.29 is 23.6 Å². The molecule has 0 aliphatic carbocycles. The Bertz CT molecular complexity index is 1040. The molecule has 0 fully saturated rings. The quantitative estimate of drug-likeness (QED) is 0.467. The van der Waals surface area contributed by atoms with Crippen molar-refractivity contribution in [2.75, 3.05) is 20.8 Å². The lowest BCUT2D eigenvalue weighted by molar-refractivity contribution is -0.151. The lowest BCUT2D eigenvalue weighted by Crippen LogP contribution is -2.31. The van der Waals surface area contributed by atoms with Crippen molar-refractivity contribution in [2.24, 2.45) is 0 Å². The molecule has 0 N–H and O–H groups in total. The average Bonchev–Trinajstić information content (AvgIpc) is 3.26. The van der Waals surface area contributed by atoms with Crippen LogP contribution in [0.4, 0.5) is 0 Å². The maximum absolute atomic E-state index is 12.3. The second-order valence-electron chi connectivity index (χ2n) is 6.74. The third-order valence-electron chi connectivity index (χ3n) is 4.50. The van der Waals surface area contributed by atoms with Gasteiger partial charge in [0.2, 0.25) is 11.7 Å². The molecule has 0 aliphatic heterocycles. The van der Waals surface area contributed by atoms with E-state index in [0.29, 0.717) is 29.0 Å². The number of halogens is 1. The highest BCUT2D eigenvalue weighted by Crippen LogP contribution is 2.20. The van der Waals surface area contributed by atoms with E-state index in [2.05, 4.69) is 10.1 Å². The smallest absolute Gasteiger partial charge is 0.306 e. The molecule has 31 heavy (non-hydrogen) atoms. The molecule has 0 radical (unpaired) electrons. The molecule has 0 spiro atoms. The van der Waals surface area contributed by atoms with Crippen molar-refractivity contribution in [2.45, 2.75) is 19.4 Å². The summed E-state index contributed by atoms with van der Waals surface area (Å²) in [6.07, 6.45) is 0.233. The Kier molecular flexibility index (Phi) is 7.61.